The smallest absolute Gasteiger partial charge is 0.242 e. The molecule has 2 amide bonds. The van der Waals surface area contributed by atoms with Crippen molar-refractivity contribution >= 4 is 11.8 Å². The van der Waals surface area contributed by atoms with Gasteiger partial charge in [0.15, 0.2) is 0 Å². The van der Waals surface area contributed by atoms with Crippen LogP contribution in [0.1, 0.15) is 65.7 Å². The van der Waals surface area contributed by atoms with E-state index >= 15 is 0 Å². The van der Waals surface area contributed by atoms with Gasteiger partial charge < -0.3 is 20.7 Å². The summed E-state index contributed by atoms with van der Waals surface area (Å²) in [6, 6.07) is -0.524. The average molecular weight is 368 g/mol. The maximum Gasteiger partial charge on any atom is 0.242 e. The Bertz CT molecular complexity index is 461. The predicted molar refractivity (Wildman–Crippen MR) is 103 cm³/mol. The zero-order valence-electron chi connectivity index (χ0n) is 16.7. The molecule has 0 radical (unpaired) electrons. The Morgan fingerprint density at radius 3 is 2.50 bits per heavy atom. The summed E-state index contributed by atoms with van der Waals surface area (Å²) < 4.78 is 5.70. The van der Waals surface area contributed by atoms with E-state index in [1.54, 1.807) is 0 Å². The van der Waals surface area contributed by atoms with E-state index in [0.717, 1.165) is 58.2 Å². The van der Waals surface area contributed by atoms with Crippen molar-refractivity contribution in [2.75, 3.05) is 26.3 Å². The molecule has 3 N–H and O–H groups in total. The predicted octanol–water partition coefficient (Wildman–Crippen LogP) is 1.98. The Balaban J connectivity index is 2.16. The Kier molecular flexibility index (Phi) is 8.35. The fourth-order valence-electron chi connectivity index (χ4n) is 4.00. The third kappa shape index (κ3) is 6.23. The first kappa shape index (κ1) is 21.2. The van der Waals surface area contributed by atoms with E-state index in [4.69, 9.17) is 4.74 Å². The maximum absolute atomic E-state index is 13.2. The zero-order chi connectivity index (χ0) is 19.0. The second-order valence-electron chi connectivity index (χ2n) is 8.48. The van der Waals surface area contributed by atoms with Crippen molar-refractivity contribution in [2.24, 2.45) is 11.3 Å². The van der Waals surface area contributed by atoms with Gasteiger partial charge >= 0.3 is 0 Å². The van der Waals surface area contributed by atoms with Crippen LogP contribution >= 0.6 is 0 Å². The van der Waals surface area contributed by atoms with Gasteiger partial charge in [0.2, 0.25) is 11.8 Å². The molecular formula is C20H37N3O3. The summed E-state index contributed by atoms with van der Waals surface area (Å²) in [6.07, 6.45) is 6.37. The largest absolute Gasteiger partial charge is 0.379 e. The van der Waals surface area contributed by atoms with Gasteiger partial charge in [0.1, 0.15) is 6.04 Å². The van der Waals surface area contributed by atoms with Crippen molar-refractivity contribution in [3.8, 4) is 0 Å². The monoisotopic (exact) mass is 367 g/mol. The van der Waals surface area contributed by atoms with Crippen molar-refractivity contribution in [1.29, 1.82) is 0 Å². The maximum atomic E-state index is 13.2. The second-order valence-corrected chi connectivity index (χ2v) is 8.48. The lowest BCUT2D eigenvalue weighted by Crippen LogP contribution is -2.55. The van der Waals surface area contributed by atoms with Gasteiger partial charge in [-0.15, -0.1) is 0 Å². The Morgan fingerprint density at radius 2 is 1.81 bits per heavy atom. The highest BCUT2D eigenvalue weighted by Gasteiger charge is 2.40. The molecule has 0 aromatic rings. The lowest BCUT2D eigenvalue weighted by atomic mass is 9.73. The van der Waals surface area contributed by atoms with Gasteiger partial charge in [-0.3, -0.25) is 9.59 Å². The van der Waals surface area contributed by atoms with E-state index in [1.807, 2.05) is 6.92 Å². The van der Waals surface area contributed by atoms with Crippen molar-refractivity contribution < 1.29 is 14.3 Å². The number of ether oxygens (including phenoxy) is 1. The van der Waals surface area contributed by atoms with Crippen molar-refractivity contribution in [3.63, 3.8) is 0 Å². The van der Waals surface area contributed by atoms with Gasteiger partial charge in [0, 0.05) is 12.6 Å². The summed E-state index contributed by atoms with van der Waals surface area (Å²) in [7, 11) is 0. The van der Waals surface area contributed by atoms with Crippen molar-refractivity contribution in [1.82, 2.24) is 16.0 Å². The minimum atomic E-state index is -0.473. The van der Waals surface area contributed by atoms with Crippen molar-refractivity contribution in [2.45, 2.75) is 77.8 Å². The van der Waals surface area contributed by atoms with E-state index in [1.165, 1.54) is 0 Å². The standard InChI is InChI=1S/C20H37N3O3/c1-15(2)13-17-18(24)22-16(3)14-26-12-6-4-5-7-20(19(25)23-17)8-10-21-11-9-20/h15-17,21H,4-14H2,1-3H3,(H,22,24)(H,23,25)/t16-,17+/m1/s1. The molecule has 2 heterocycles. The van der Waals surface area contributed by atoms with E-state index in [2.05, 4.69) is 29.8 Å². The third-order valence-electron chi connectivity index (χ3n) is 5.57. The van der Waals surface area contributed by atoms with Crippen LogP contribution < -0.4 is 16.0 Å². The summed E-state index contributed by atoms with van der Waals surface area (Å²) >= 11 is 0. The Morgan fingerprint density at radius 1 is 1.08 bits per heavy atom. The van der Waals surface area contributed by atoms with Crippen LogP contribution in [-0.4, -0.2) is 50.2 Å². The van der Waals surface area contributed by atoms with Crippen LogP contribution in [0.3, 0.4) is 0 Å². The van der Waals surface area contributed by atoms with E-state index in [9.17, 15) is 9.59 Å². The minimum Gasteiger partial charge on any atom is -0.379 e. The van der Waals surface area contributed by atoms with Gasteiger partial charge in [-0.2, -0.15) is 0 Å². The molecule has 2 aliphatic rings. The van der Waals surface area contributed by atoms with Crippen LogP contribution in [0.15, 0.2) is 0 Å². The summed E-state index contributed by atoms with van der Waals surface area (Å²) in [4.78, 5) is 26.0. The first-order valence-electron chi connectivity index (χ1n) is 10.3. The number of rotatable bonds is 2. The molecule has 2 saturated heterocycles. The van der Waals surface area contributed by atoms with E-state index in [-0.39, 0.29) is 23.3 Å². The fourth-order valence-corrected chi connectivity index (χ4v) is 4.00. The number of nitrogens with one attached hydrogen (secondary N) is 3. The lowest BCUT2D eigenvalue weighted by molar-refractivity contribution is -0.137. The fraction of sp³-hybridized carbons (Fsp3) is 0.900. The Labute approximate surface area is 158 Å². The molecular weight excluding hydrogens is 330 g/mol. The molecule has 1 spiro atoms. The number of amides is 2. The summed E-state index contributed by atoms with van der Waals surface area (Å²) in [5.74, 6) is 0.311. The highest BCUT2D eigenvalue weighted by molar-refractivity contribution is 5.90. The molecule has 0 saturated carbocycles. The van der Waals surface area contributed by atoms with E-state index in [0.29, 0.717) is 18.9 Å². The number of carbonyl (C=O) groups excluding carboxylic acids is 2. The van der Waals surface area contributed by atoms with Crippen LogP contribution in [0, 0.1) is 11.3 Å². The Hall–Kier alpha value is -1.14. The molecule has 2 rings (SSSR count). The van der Waals surface area contributed by atoms with Gasteiger partial charge in [-0.05, 0) is 58.0 Å². The van der Waals surface area contributed by atoms with Crippen molar-refractivity contribution in [3.05, 3.63) is 0 Å². The highest BCUT2D eigenvalue weighted by Crippen LogP contribution is 2.35. The molecule has 2 fully saturated rings. The molecule has 0 aromatic heterocycles. The molecule has 2 atom stereocenters. The SMILES string of the molecule is CC(C)C[C@@H]1NC(=O)C2(CCCCCOC[C@@H](C)NC1=O)CCNCC2. The summed E-state index contributed by atoms with van der Waals surface area (Å²) in [5.41, 5.74) is -0.336. The third-order valence-corrected chi connectivity index (χ3v) is 5.57. The minimum absolute atomic E-state index is 0.0511. The van der Waals surface area contributed by atoms with E-state index < -0.39 is 6.04 Å². The highest BCUT2D eigenvalue weighted by atomic mass is 16.5. The molecule has 6 heteroatoms. The normalized spacial score (nSPS) is 29.1. The van der Waals surface area contributed by atoms with Crippen LogP contribution in [-0.2, 0) is 14.3 Å². The quantitative estimate of drug-likeness (QED) is 0.697. The van der Waals surface area contributed by atoms with Gasteiger partial charge in [-0.25, -0.2) is 0 Å². The van der Waals surface area contributed by atoms with Crippen LogP contribution in [0.2, 0.25) is 0 Å². The number of hydrogen-bond acceptors (Lipinski definition) is 4. The molecule has 6 nitrogen and oxygen atoms in total. The lowest BCUT2D eigenvalue weighted by Gasteiger charge is -2.38. The van der Waals surface area contributed by atoms with Crippen LogP contribution in [0.4, 0.5) is 0 Å². The molecule has 0 bridgehead atoms. The second kappa shape index (κ2) is 10.3. The number of hydrogen-bond donors (Lipinski definition) is 3. The summed E-state index contributed by atoms with van der Waals surface area (Å²) in [5, 5.41) is 9.48. The molecule has 0 aromatic carbocycles. The summed E-state index contributed by atoms with van der Waals surface area (Å²) in [6.45, 7) is 9.09. The number of piperidine rings is 1. The van der Waals surface area contributed by atoms with Gasteiger partial charge in [0.05, 0.1) is 12.0 Å². The molecule has 0 unspecified atom stereocenters. The first-order chi connectivity index (χ1) is 12.4. The molecule has 26 heavy (non-hydrogen) atoms. The molecule has 0 aliphatic carbocycles. The van der Waals surface area contributed by atoms with Crippen LogP contribution in [0.5, 0.6) is 0 Å². The zero-order valence-corrected chi connectivity index (χ0v) is 16.7. The first-order valence-corrected chi connectivity index (χ1v) is 10.3. The van der Waals surface area contributed by atoms with Gasteiger partial charge in [-0.1, -0.05) is 26.7 Å². The van der Waals surface area contributed by atoms with Gasteiger partial charge in [0.25, 0.3) is 0 Å². The molecule has 150 valence electrons. The topological polar surface area (TPSA) is 79.5 Å². The number of carbonyl (C=O) groups is 2. The average Bonchev–Trinajstić information content (AvgIpc) is 2.60. The van der Waals surface area contributed by atoms with Crippen LogP contribution in [0.25, 0.3) is 0 Å². The molecule has 2 aliphatic heterocycles.